The molecule has 0 unspecified atom stereocenters. The molecule has 5 heterocycles. The van der Waals surface area contributed by atoms with Gasteiger partial charge in [0.25, 0.3) is 0 Å². The zero-order chi connectivity index (χ0) is 24.6. The molecule has 0 amide bonds. The molecule has 7 nitrogen and oxygen atoms in total. The van der Waals surface area contributed by atoms with Crippen LogP contribution in [0.3, 0.4) is 0 Å². The minimum absolute atomic E-state index is 0.803. The van der Waals surface area contributed by atoms with Gasteiger partial charge in [-0.15, -0.1) is 0 Å². The summed E-state index contributed by atoms with van der Waals surface area (Å²) in [6.45, 7) is 3.69. The molecule has 180 valence electrons. The van der Waals surface area contributed by atoms with Crippen LogP contribution in [0.1, 0.15) is 17.8 Å². The monoisotopic (exact) mass is 495 g/mol. The van der Waals surface area contributed by atoms with Crippen LogP contribution in [0, 0.1) is 6.92 Å². The lowest BCUT2D eigenvalue weighted by molar-refractivity contribution is 0.585. The van der Waals surface area contributed by atoms with Gasteiger partial charge in [0, 0.05) is 57.9 Å². The third-order valence-electron chi connectivity index (χ3n) is 6.53. The highest BCUT2D eigenvalue weighted by Gasteiger charge is 2.23. The molecule has 0 saturated carbocycles. The van der Waals surface area contributed by atoms with E-state index in [1.807, 2.05) is 60.1 Å². The number of hydrogen-bond donors (Lipinski definition) is 1. The fourth-order valence-electron chi connectivity index (χ4n) is 4.71. The summed E-state index contributed by atoms with van der Waals surface area (Å²) in [7, 11) is 1.94. The third kappa shape index (κ3) is 4.21. The van der Waals surface area contributed by atoms with Crippen molar-refractivity contribution in [1.82, 2.24) is 34.8 Å². The van der Waals surface area contributed by atoms with Crippen molar-refractivity contribution in [3.8, 4) is 33.6 Å². The van der Waals surface area contributed by atoms with Crippen LogP contribution in [0.2, 0.25) is 0 Å². The Labute approximate surface area is 214 Å². The van der Waals surface area contributed by atoms with Gasteiger partial charge in [-0.25, -0.2) is 4.68 Å². The van der Waals surface area contributed by atoms with E-state index in [9.17, 15) is 0 Å². The summed E-state index contributed by atoms with van der Waals surface area (Å²) in [5.41, 5.74) is 9.07. The van der Waals surface area contributed by atoms with E-state index < -0.39 is 0 Å². The SMILES string of the molecule is CNCCn1cc(-c2cnc3ccc(-c4c(-c5cccc(C)n5)nn5c4CCC(Cl)=C5)cc3c2)cn1. The van der Waals surface area contributed by atoms with Crippen LogP contribution in [0.15, 0.2) is 66.1 Å². The first-order chi connectivity index (χ1) is 17.6. The van der Waals surface area contributed by atoms with Crippen molar-refractivity contribution in [3.63, 3.8) is 0 Å². The van der Waals surface area contributed by atoms with Crippen LogP contribution in [-0.2, 0) is 13.0 Å². The molecule has 8 heteroatoms. The predicted molar refractivity (Wildman–Crippen MR) is 145 cm³/mol. The molecule has 1 aliphatic rings. The molecule has 0 saturated heterocycles. The average molecular weight is 496 g/mol. The minimum atomic E-state index is 0.803. The molecule has 1 N–H and O–H groups in total. The Balaban J connectivity index is 1.47. The van der Waals surface area contributed by atoms with Crippen LogP contribution in [0.5, 0.6) is 0 Å². The van der Waals surface area contributed by atoms with Gasteiger partial charge in [-0.05, 0) is 62.7 Å². The Morgan fingerprint density at radius 2 is 1.92 bits per heavy atom. The van der Waals surface area contributed by atoms with Gasteiger partial charge in [-0.1, -0.05) is 23.7 Å². The summed E-state index contributed by atoms with van der Waals surface area (Å²) < 4.78 is 3.87. The van der Waals surface area contributed by atoms with E-state index in [4.69, 9.17) is 26.7 Å². The van der Waals surface area contributed by atoms with Gasteiger partial charge in [0.2, 0.25) is 0 Å². The molecule has 0 atom stereocenters. The van der Waals surface area contributed by atoms with Crippen molar-refractivity contribution in [2.45, 2.75) is 26.3 Å². The smallest absolute Gasteiger partial charge is 0.119 e. The maximum atomic E-state index is 6.37. The Morgan fingerprint density at radius 3 is 2.78 bits per heavy atom. The molecular formula is C28H26ClN7. The first-order valence-electron chi connectivity index (χ1n) is 12.1. The van der Waals surface area contributed by atoms with Crippen LogP contribution >= 0.6 is 11.6 Å². The van der Waals surface area contributed by atoms with Crippen LogP contribution in [0.25, 0.3) is 50.7 Å². The molecule has 1 aliphatic heterocycles. The standard InChI is InChI=1S/C28H26ClN7/c1-18-4-3-5-25(33-18)28-27(26-9-7-23(29)17-36(26)34-28)19-6-8-24-20(12-19)13-21(14-31-24)22-15-32-35(16-22)11-10-30-2/h3-6,8,12-17,30H,7,9-11H2,1-2H3. The highest BCUT2D eigenvalue weighted by atomic mass is 35.5. The predicted octanol–water partition coefficient (Wildman–Crippen LogP) is 5.54. The van der Waals surface area contributed by atoms with Gasteiger partial charge in [-0.3, -0.25) is 14.6 Å². The largest absolute Gasteiger partial charge is 0.318 e. The minimum Gasteiger partial charge on any atom is -0.318 e. The maximum Gasteiger partial charge on any atom is 0.119 e. The number of hydrogen-bond acceptors (Lipinski definition) is 5. The van der Waals surface area contributed by atoms with Gasteiger partial charge < -0.3 is 5.32 Å². The normalized spacial score (nSPS) is 13.1. The second-order valence-electron chi connectivity index (χ2n) is 9.08. The summed E-state index contributed by atoms with van der Waals surface area (Å²) in [5, 5.41) is 14.4. The van der Waals surface area contributed by atoms with Gasteiger partial charge in [0.15, 0.2) is 0 Å². The quantitative estimate of drug-likeness (QED) is 0.335. The number of halogens is 1. The number of pyridine rings is 2. The Kier molecular flexibility index (Phi) is 5.87. The van der Waals surface area contributed by atoms with Gasteiger partial charge >= 0.3 is 0 Å². The molecule has 36 heavy (non-hydrogen) atoms. The van der Waals surface area contributed by atoms with Crippen LogP contribution in [0.4, 0.5) is 0 Å². The first kappa shape index (κ1) is 22.6. The number of likely N-dealkylation sites (N-methyl/N-ethyl adjacent to an activating group) is 1. The van der Waals surface area contributed by atoms with Gasteiger partial charge in [0.1, 0.15) is 5.69 Å². The van der Waals surface area contributed by atoms with E-state index in [2.05, 4.69) is 40.9 Å². The summed E-state index contributed by atoms with van der Waals surface area (Å²) >= 11 is 6.37. The van der Waals surface area contributed by atoms with E-state index in [0.717, 1.165) is 86.9 Å². The lowest BCUT2D eigenvalue weighted by Gasteiger charge is -2.13. The fraction of sp³-hybridized carbons (Fsp3) is 0.214. The molecule has 6 rings (SSSR count). The topological polar surface area (TPSA) is 73.5 Å². The Morgan fingerprint density at radius 1 is 1.03 bits per heavy atom. The molecule has 0 spiro atoms. The maximum absolute atomic E-state index is 6.37. The zero-order valence-corrected chi connectivity index (χ0v) is 21.0. The van der Waals surface area contributed by atoms with Crippen molar-refractivity contribution >= 4 is 28.7 Å². The molecule has 4 aromatic heterocycles. The molecule has 1 aromatic carbocycles. The number of aryl methyl sites for hydroxylation is 1. The summed E-state index contributed by atoms with van der Waals surface area (Å²) in [6.07, 6.45) is 9.42. The second-order valence-corrected chi connectivity index (χ2v) is 9.57. The van der Waals surface area contributed by atoms with Gasteiger partial charge in [0.05, 0.1) is 29.6 Å². The van der Waals surface area contributed by atoms with Crippen molar-refractivity contribution in [1.29, 1.82) is 0 Å². The number of rotatable bonds is 6. The van der Waals surface area contributed by atoms with Crippen molar-refractivity contribution < 1.29 is 0 Å². The third-order valence-corrected chi connectivity index (χ3v) is 6.82. The fourth-order valence-corrected chi connectivity index (χ4v) is 4.90. The lowest BCUT2D eigenvalue weighted by Crippen LogP contribution is -2.14. The Bertz CT molecular complexity index is 1610. The number of fused-ring (bicyclic) bond motifs is 2. The molecular weight excluding hydrogens is 470 g/mol. The highest BCUT2D eigenvalue weighted by Crippen LogP contribution is 2.38. The van der Waals surface area contributed by atoms with E-state index >= 15 is 0 Å². The van der Waals surface area contributed by atoms with Gasteiger partial charge in [-0.2, -0.15) is 10.2 Å². The lowest BCUT2D eigenvalue weighted by atomic mass is 9.96. The zero-order valence-electron chi connectivity index (χ0n) is 20.2. The number of nitrogens with zero attached hydrogens (tertiary/aromatic N) is 6. The molecule has 0 aliphatic carbocycles. The number of aromatic nitrogens is 6. The van der Waals surface area contributed by atoms with Crippen molar-refractivity contribution in [3.05, 3.63) is 77.5 Å². The van der Waals surface area contributed by atoms with E-state index in [-0.39, 0.29) is 0 Å². The van der Waals surface area contributed by atoms with E-state index in [1.54, 1.807) is 0 Å². The molecule has 0 radical (unpaired) electrons. The molecule has 5 aromatic rings. The van der Waals surface area contributed by atoms with Crippen LogP contribution < -0.4 is 5.32 Å². The Hall–Kier alpha value is -3.81. The van der Waals surface area contributed by atoms with Crippen molar-refractivity contribution in [2.75, 3.05) is 13.6 Å². The van der Waals surface area contributed by atoms with E-state index in [0.29, 0.717) is 0 Å². The summed E-state index contributed by atoms with van der Waals surface area (Å²) in [5.74, 6) is 0. The number of benzene rings is 1. The molecule has 0 bridgehead atoms. The average Bonchev–Trinajstić information content (AvgIpc) is 3.51. The first-order valence-corrected chi connectivity index (χ1v) is 12.5. The summed E-state index contributed by atoms with van der Waals surface area (Å²) in [6, 6.07) is 14.6. The number of allylic oxidation sites excluding steroid dienone is 1. The highest BCUT2D eigenvalue weighted by molar-refractivity contribution is 6.31. The number of nitrogens with one attached hydrogen (secondary N) is 1. The van der Waals surface area contributed by atoms with E-state index in [1.165, 1.54) is 0 Å². The summed E-state index contributed by atoms with van der Waals surface area (Å²) in [4.78, 5) is 9.51. The second kappa shape index (κ2) is 9.33. The van der Waals surface area contributed by atoms with Crippen LogP contribution in [-0.4, -0.2) is 43.1 Å². The molecule has 0 fully saturated rings. The van der Waals surface area contributed by atoms with Crippen molar-refractivity contribution in [2.24, 2.45) is 0 Å².